The van der Waals surface area contributed by atoms with Gasteiger partial charge in [-0.15, -0.1) is 0 Å². The molecule has 0 aliphatic carbocycles. The number of methoxy groups -OCH3 is 2. The number of carboxylic acid groups (broad SMARTS) is 1. The smallest absolute Gasteiger partial charge is 0.323 e. The van der Waals surface area contributed by atoms with Crippen molar-refractivity contribution < 1.29 is 28.6 Å². The van der Waals surface area contributed by atoms with Crippen LogP contribution in [-0.2, 0) is 11.3 Å². The van der Waals surface area contributed by atoms with E-state index in [1.807, 2.05) is 0 Å². The van der Waals surface area contributed by atoms with Crippen LogP contribution in [0.2, 0.25) is 0 Å². The molecule has 1 heterocycles. The van der Waals surface area contributed by atoms with Crippen LogP contribution in [0.3, 0.4) is 0 Å². The Hall–Kier alpha value is -2.96. The number of furan rings is 1. The van der Waals surface area contributed by atoms with Crippen molar-refractivity contribution in [1.29, 1.82) is 0 Å². The Kier molecular flexibility index (Phi) is 5.24. The molecule has 0 fully saturated rings. The summed E-state index contributed by atoms with van der Waals surface area (Å²) < 4.78 is 15.4. The average Bonchev–Trinajstić information content (AvgIpc) is 3.07. The van der Waals surface area contributed by atoms with E-state index < -0.39 is 18.4 Å². The van der Waals surface area contributed by atoms with Crippen molar-refractivity contribution in [2.75, 3.05) is 20.8 Å². The Morgan fingerprint density at radius 3 is 2.30 bits per heavy atom. The molecular formula is C16H17NO6. The molecule has 0 unspecified atom stereocenters. The van der Waals surface area contributed by atoms with E-state index in [2.05, 4.69) is 0 Å². The third-order valence-corrected chi connectivity index (χ3v) is 3.13. The molecule has 122 valence electrons. The maximum absolute atomic E-state index is 12.4. The second-order valence-electron chi connectivity index (χ2n) is 4.75. The Morgan fingerprint density at radius 2 is 1.83 bits per heavy atom. The first-order valence-electron chi connectivity index (χ1n) is 6.80. The number of carbonyl (C=O) groups is 2. The van der Waals surface area contributed by atoms with Crippen LogP contribution in [0, 0.1) is 0 Å². The van der Waals surface area contributed by atoms with Crippen LogP contribution in [0.1, 0.15) is 16.1 Å². The van der Waals surface area contributed by atoms with Crippen molar-refractivity contribution in [1.82, 2.24) is 4.90 Å². The molecule has 1 amide bonds. The van der Waals surface area contributed by atoms with Crippen LogP contribution in [0.25, 0.3) is 0 Å². The van der Waals surface area contributed by atoms with Gasteiger partial charge in [0.15, 0.2) is 5.76 Å². The number of aliphatic carboxylic acids is 1. The van der Waals surface area contributed by atoms with Gasteiger partial charge in [0.05, 0.1) is 20.5 Å². The fraction of sp³-hybridized carbons (Fsp3) is 0.250. The van der Waals surface area contributed by atoms with Gasteiger partial charge in [0.1, 0.15) is 18.0 Å². The van der Waals surface area contributed by atoms with Crippen LogP contribution < -0.4 is 9.47 Å². The third-order valence-electron chi connectivity index (χ3n) is 3.13. The van der Waals surface area contributed by atoms with E-state index in [-0.39, 0.29) is 12.3 Å². The second kappa shape index (κ2) is 7.35. The Balaban J connectivity index is 2.27. The van der Waals surface area contributed by atoms with Crippen LogP contribution in [0.4, 0.5) is 0 Å². The van der Waals surface area contributed by atoms with Gasteiger partial charge in [0.2, 0.25) is 0 Å². The summed E-state index contributed by atoms with van der Waals surface area (Å²) in [6.45, 7) is -0.363. The highest BCUT2D eigenvalue weighted by molar-refractivity contribution is 5.93. The summed E-state index contributed by atoms with van der Waals surface area (Å²) in [5.74, 6) is -0.416. The Labute approximate surface area is 133 Å². The van der Waals surface area contributed by atoms with E-state index >= 15 is 0 Å². The first-order chi connectivity index (χ1) is 11.0. The molecule has 1 aromatic heterocycles. The third kappa shape index (κ3) is 4.26. The lowest BCUT2D eigenvalue weighted by molar-refractivity contribution is -0.137. The van der Waals surface area contributed by atoms with Crippen molar-refractivity contribution >= 4 is 11.9 Å². The number of amides is 1. The lowest BCUT2D eigenvalue weighted by Gasteiger charge is -2.20. The number of carbonyl (C=O) groups excluding carboxylic acids is 1. The fourth-order valence-electron chi connectivity index (χ4n) is 2.10. The van der Waals surface area contributed by atoms with E-state index in [1.54, 1.807) is 24.3 Å². The van der Waals surface area contributed by atoms with Crippen molar-refractivity contribution in [3.05, 3.63) is 47.9 Å². The van der Waals surface area contributed by atoms with Crippen molar-refractivity contribution in [2.24, 2.45) is 0 Å². The molecule has 0 atom stereocenters. The molecule has 2 rings (SSSR count). The summed E-state index contributed by atoms with van der Waals surface area (Å²) in [6.07, 6.45) is 1.36. The number of hydrogen-bond acceptors (Lipinski definition) is 5. The highest BCUT2D eigenvalue weighted by Crippen LogP contribution is 2.24. The number of nitrogens with zero attached hydrogens (tertiary/aromatic N) is 1. The molecule has 0 bridgehead atoms. The minimum Gasteiger partial charge on any atom is -0.497 e. The van der Waals surface area contributed by atoms with E-state index in [0.717, 1.165) is 0 Å². The SMILES string of the molecule is COc1cc(CN(CC(=O)O)C(=O)c2ccco2)cc(OC)c1. The molecule has 1 aromatic carbocycles. The summed E-state index contributed by atoms with van der Waals surface area (Å²) >= 11 is 0. The number of rotatable bonds is 7. The van der Waals surface area contributed by atoms with Gasteiger partial charge in [-0.1, -0.05) is 0 Å². The molecular weight excluding hydrogens is 302 g/mol. The second-order valence-corrected chi connectivity index (χ2v) is 4.75. The maximum Gasteiger partial charge on any atom is 0.323 e. The van der Waals surface area contributed by atoms with Crippen LogP contribution >= 0.6 is 0 Å². The molecule has 1 N–H and O–H groups in total. The molecule has 0 spiro atoms. The molecule has 0 saturated heterocycles. The number of hydrogen-bond donors (Lipinski definition) is 1. The highest BCUT2D eigenvalue weighted by atomic mass is 16.5. The minimum absolute atomic E-state index is 0.0827. The minimum atomic E-state index is -1.11. The molecule has 0 aliphatic rings. The molecule has 2 aromatic rings. The molecule has 0 aliphatic heterocycles. The summed E-state index contributed by atoms with van der Waals surface area (Å²) in [4.78, 5) is 24.6. The molecule has 7 nitrogen and oxygen atoms in total. The molecule has 0 radical (unpaired) electrons. The summed E-state index contributed by atoms with van der Waals surface area (Å²) in [5.41, 5.74) is 0.683. The van der Waals surface area contributed by atoms with Crippen molar-refractivity contribution in [3.8, 4) is 11.5 Å². The molecule has 23 heavy (non-hydrogen) atoms. The average molecular weight is 319 g/mol. The van der Waals surface area contributed by atoms with Crippen molar-refractivity contribution in [2.45, 2.75) is 6.54 Å². The van der Waals surface area contributed by atoms with Gasteiger partial charge in [0.25, 0.3) is 5.91 Å². The number of carboxylic acids is 1. The van der Waals surface area contributed by atoms with Gasteiger partial charge in [0, 0.05) is 12.6 Å². The first kappa shape index (κ1) is 16.4. The normalized spacial score (nSPS) is 10.2. The fourth-order valence-corrected chi connectivity index (χ4v) is 2.10. The summed E-state index contributed by atoms with van der Waals surface area (Å²) in [6, 6.07) is 8.18. The van der Waals surface area contributed by atoms with Crippen LogP contribution in [0.15, 0.2) is 41.0 Å². The van der Waals surface area contributed by atoms with Gasteiger partial charge in [-0.25, -0.2) is 0 Å². The zero-order valence-corrected chi connectivity index (χ0v) is 12.8. The van der Waals surface area contributed by atoms with Gasteiger partial charge in [-0.2, -0.15) is 0 Å². The largest absolute Gasteiger partial charge is 0.497 e. The predicted octanol–water partition coefficient (Wildman–Crippen LogP) is 2.02. The van der Waals surface area contributed by atoms with Gasteiger partial charge in [-0.3, -0.25) is 9.59 Å². The van der Waals surface area contributed by atoms with E-state index in [4.69, 9.17) is 19.0 Å². The lowest BCUT2D eigenvalue weighted by Crippen LogP contribution is -2.35. The number of benzene rings is 1. The van der Waals surface area contributed by atoms with Gasteiger partial charge >= 0.3 is 5.97 Å². The number of ether oxygens (including phenoxy) is 2. The van der Waals surface area contributed by atoms with E-state index in [0.29, 0.717) is 17.1 Å². The summed E-state index contributed by atoms with van der Waals surface area (Å²) in [7, 11) is 3.03. The van der Waals surface area contributed by atoms with Crippen LogP contribution in [0.5, 0.6) is 11.5 Å². The van der Waals surface area contributed by atoms with Gasteiger partial charge in [-0.05, 0) is 29.8 Å². The monoisotopic (exact) mass is 319 g/mol. The first-order valence-corrected chi connectivity index (χ1v) is 6.80. The molecule has 0 saturated carbocycles. The standard InChI is InChI=1S/C16H17NO6/c1-21-12-6-11(7-13(8-12)22-2)9-17(10-15(18)19)16(20)14-4-3-5-23-14/h3-8H,9-10H2,1-2H3,(H,18,19). The highest BCUT2D eigenvalue weighted by Gasteiger charge is 2.21. The van der Waals surface area contributed by atoms with E-state index in [1.165, 1.54) is 31.4 Å². The zero-order chi connectivity index (χ0) is 16.8. The Morgan fingerprint density at radius 1 is 1.17 bits per heavy atom. The van der Waals surface area contributed by atoms with E-state index in [9.17, 15) is 9.59 Å². The lowest BCUT2D eigenvalue weighted by atomic mass is 10.1. The predicted molar refractivity (Wildman–Crippen MR) is 80.6 cm³/mol. The van der Waals surface area contributed by atoms with Gasteiger partial charge < -0.3 is 23.9 Å². The molecule has 7 heteroatoms. The summed E-state index contributed by atoms with van der Waals surface area (Å²) in [5, 5.41) is 9.04. The Bertz CT molecular complexity index is 658. The zero-order valence-electron chi connectivity index (χ0n) is 12.8. The quantitative estimate of drug-likeness (QED) is 0.840. The maximum atomic E-state index is 12.4. The van der Waals surface area contributed by atoms with Crippen LogP contribution in [-0.4, -0.2) is 42.6 Å². The van der Waals surface area contributed by atoms with Crippen molar-refractivity contribution in [3.63, 3.8) is 0 Å². The topological polar surface area (TPSA) is 89.2 Å².